The van der Waals surface area contributed by atoms with E-state index in [1.165, 1.54) is 12.1 Å². The van der Waals surface area contributed by atoms with Crippen molar-refractivity contribution in [3.63, 3.8) is 0 Å². The first-order valence-corrected chi connectivity index (χ1v) is 5.93. The van der Waals surface area contributed by atoms with Crippen molar-refractivity contribution >= 4 is 11.6 Å². The molecule has 3 nitrogen and oxygen atoms in total. The highest BCUT2D eigenvalue weighted by Crippen LogP contribution is 2.20. The second-order valence-electron chi connectivity index (χ2n) is 5.89. The number of amides is 1. The van der Waals surface area contributed by atoms with Gasteiger partial charge in [-0.1, -0.05) is 20.8 Å². The summed E-state index contributed by atoms with van der Waals surface area (Å²) in [6, 6.07) is 2.77. The first kappa shape index (κ1) is 14.5. The van der Waals surface area contributed by atoms with Gasteiger partial charge in [-0.25, -0.2) is 4.39 Å². The van der Waals surface area contributed by atoms with Crippen molar-refractivity contribution in [2.45, 2.75) is 27.7 Å². The van der Waals surface area contributed by atoms with Crippen LogP contribution in [0.15, 0.2) is 12.1 Å². The smallest absolute Gasteiger partial charge is 0.253 e. The van der Waals surface area contributed by atoms with E-state index < -0.39 is 5.82 Å². The minimum absolute atomic E-state index is 0.000797. The Labute approximate surface area is 108 Å². The number of benzene rings is 1. The third kappa shape index (κ3) is 3.45. The summed E-state index contributed by atoms with van der Waals surface area (Å²) in [5, 5.41) is 0. The second kappa shape index (κ2) is 4.96. The van der Waals surface area contributed by atoms with Crippen LogP contribution in [-0.4, -0.2) is 24.4 Å². The van der Waals surface area contributed by atoms with Gasteiger partial charge in [0.05, 0.1) is 0 Å². The molecule has 0 aliphatic heterocycles. The third-order valence-electron chi connectivity index (χ3n) is 2.69. The molecule has 1 aromatic carbocycles. The Bertz CT molecular complexity index is 440. The topological polar surface area (TPSA) is 46.3 Å². The van der Waals surface area contributed by atoms with Gasteiger partial charge in [0.15, 0.2) is 0 Å². The summed E-state index contributed by atoms with van der Waals surface area (Å²) >= 11 is 0. The Kier molecular flexibility index (Phi) is 3.99. The van der Waals surface area contributed by atoms with Gasteiger partial charge in [-0.15, -0.1) is 0 Å². The maximum Gasteiger partial charge on any atom is 0.253 e. The van der Waals surface area contributed by atoms with E-state index in [1.807, 2.05) is 20.8 Å². The Morgan fingerprint density at radius 3 is 2.39 bits per heavy atom. The van der Waals surface area contributed by atoms with Crippen LogP contribution in [0.1, 0.15) is 36.7 Å². The molecule has 0 spiro atoms. The number of anilines is 1. The Hall–Kier alpha value is -1.58. The predicted molar refractivity (Wildman–Crippen MR) is 72.0 cm³/mol. The standard InChI is InChI=1S/C14H21FN2O/c1-9-11(15)6-10(7-12(9)16)13(18)17(5)8-14(2,3)4/h6-7H,8,16H2,1-5H3. The molecule has 0 fully saturated rings. The molecule has 1 amide bonds. The van der Waals surface area contributed by atoms with E-state index in [0.29, 0.717) is 23.4 Å². The minimum atomic E-state index is -0.442. The summed E-state index contributed by atoms with van der Waals surface area (Å²) in [6.07, 6.45) is 0. The summed E-state index contributed by atoms with van der Waals surface area (Å²) in [7, 11) is 1.71. The fraction of sp³-hybridized carbons (Fsp3) is 0.500. The zero-order valence-corrected chi connectivity index (χ0v) is 11.7. The molecule has 0 unspecified atom stereocenters. The molecule has 18 heavy (non-hydrogen) atoms. The maximum absolute atomic E-state index is 13.6. The normalized spacial score (nSPS) is 11.4. The Morgan fingerprint density at radius 1 is 1.39 bits per heavy atom. The fourth-order valence-corrected chi connectivity index (χ4v) is 1.83. The van der Waals surface area contributed by atoms with E-state index >= 15 is 0 Å². The molecule has 1 rings (SSSR count). The quantitative estimate of drug-likeness (QED) is 0.823. The van der Waals surface area contributed by atoms with Crippen LogP contribution >= 0.6 is 0 Å². The summed E-state index contributed by atoms with van der Waals surface area (Å²) in [5.41, 5.74) is 6.66. The SMILES string of the molecule is Cc1c(N)cc(C(=O)N(C)CC(C)(C)C)cc1F. The second-order valence-corrected chi connectivity index (χ2v) is 5.89. The zero-order chi connectivity index (χ0) is 14.1. The van der Waals surface area contributed by atoms with Gasteiger partial charge >= 0.3 is 0 Å². The van der Waals surface area contributed by atoms with Gasteiger partial charge in [-0.2, -0.15) is 0 Å². The third-order valence-corrected chi connectivity index (χ3v) is 2.69. The number of hydrogen-bond donors (Lipinski definition) is 1. The van der Waals surface area contributed by atoms with Gasteiger partial charge in [0.25, 0.3) is 5.91 Å². The van der Waals surface area contributed by atoms with E-state index in [-0.39, 0.29) is 11.3 Å². The number of nitrogen functional groups attached to an aromatic ring is 1. The van der Waals surface area contributed by atoms with Crippen LogP contribution in [0.3, 0.4) is 0 Å². The number of carbonyl (C=O) groups excluding carboxylic acids is 1. The van der Waals surface area contributed by atoms with Crippen molar-refractivity contribution < 1.29 is 9.18 Å². The largest absolute Gasteiger partial charge is 0.398 e. The van der Waals surface area contributed by atoms with Crippen LogP contribution in [0.4, 0.5) is 10.1 Å². The first-order valence-electron chi connectivity index (χ1n) is 5.93. The number of nitrogens with zero attached hydrogens (tertiary/aromatic N) is 1. The number of hydrogen-bond acceptors (Lipinski definition) is 2. The van der Waals surface area contributed by atoms with Crippen molar-refractivity contribution in [3.8, 4) is 0 Å². The van der Waals surface area contributed by atoms with Gasteiger partial charge in [-0.3, -0.25) is 4.79 Å². The summed E-state index contributed by atoms with van der Waals surface area (Å²) < 4.78 is 13.6. The molecule has 0 radical (unpaired) electrons. The number of rotatable bonds is 2. The van der Waals surface area contributed by atoms with Crippen molar-refractivity contribution in [1.29, 1.82) is 0 Å². The van der Waals surface area contributed by atoms with E-state index in [1.54, 1.807) is 18.9 Å². The van der Waals surface area contributed by atoms with Gasteiger partial charge in [-0.05, 0) is 24.5 Å². The average Bonchev–Trinajstić information content (AvgIpc) is 2.21. The molecule has 4 heteroatoms. The Morgan fingerprint density at radius 2 is 1.94 bits per heavy atom. The molecule has 0 saturated heterocycles. The van der Waals surface area contributed by atoms with Crippen molar-refractivity contribution in [2.75, 3.05) is 19.3 Å². The molecule has 0 atom stereocenters. The number of nitrogens with two attached hydrogens (primary N) is 1. The summed E-state index contributed by atoms with van der Waals surface area (Å²) in [6.45, 7) is 8.32. The molecule has 0 bridgehead atoms. The molecule has 100 valence electrons. The lowest BCUT2D eigenvalue weighted by Crippen LogP contribution is -2.34. The van der Waals surface area contributed by atoms with Crippen LogP contribution in [-0.2, 0) is 0 Å². The molecule has 0 aromatic heterocycles. The number of carbonyl (C=O) groups is 1. The van der Waals surface area contributed by atoms with E-state index in [2.05, 4.69) is 0 Å². The summed E-state index contributed by atoms with van der Waals surface area (Å²) in [4.78, 5) is 13.7. The lowest BCUT2D eigenvalue weighted by Gasteiger charge is -2.26. The number of halogens is 1. The van der Waals surface area contributed by atoms with Gasteiger partial charge in [0.1, 0.15) is 5.82 Å². The van der Waals surface area contributed by atoms with E-state index in [4.69, 9.17) is 5.73 Å². The predicted octanol–water partition coefficient (Wildman–Crippen LogP) is 2.83. The van der Waals surface area contributed by atoms with E-state index in [9.17, 15) is 9.18 Å². The molecular weight excluding hydrogens is 231 g/mol. The van der Waals surface area contributed by atoms with Gasteiger partial charge in [0, 0.05) is 30.4 Å². The molecule has 0 saturated carbocycles. The minimum Gasteiger partial charge on any atom is -0.398 e. The van der Waals surface area contributed by atoms with Crippen molar-refractivity contribution in [3.05, 3.63) is 29.1 Å². The van der Waals surface area contributed by atoms with Crippen molar-refractivity contribution in [2.24, 2.45) is 5.41 Å². The molecule has 2 N–H and O–H groups in total. The zero-order valence-electron chi connectivity index (χ0n) is 11.7. The molecular formula is C14H21FN2O. The fourth-order valence-electron chi connectivity index (χ4n) is 1.83. The molecule has 0 aliphatic carbocycles. The van der Waals surface area contributed by atoms with E-state index in [0.717, 1.165) is 0 Å². The maximum atomic E-state index is 13.6. The van der Waals surface area contributed by atoms with Gasteiger partial charge in [0.2, 0.25) is 0 Å². The van der Waals surface area contributed by atoms with Gasteiger partial charge < -0.3 is 10.6 Å². The average molecular weight is 252 g/mol. The summed E-state index contributed by atoms with van der Waals surface area (Å²) in [5.74, 6) is -0.655. The Balaban J connectivity index is 2.98. The van der Waals surface area contributed by atoms with Crippen LogP contribution < -0.4 is 5.73 Å². The molecule has 0 heterocycles. The highest BCUT2D eigenvalue weighted by molar-refractivity contribution is 5.95. The van der Waals surface area contributed by atoms with Crippen LogP contribution in [0.2, 0.25) is 0 Å². The monoisotopic (exact) mass is 252 g/mol. The first-order chi connectivity index (χ1) is 8.11. The highest BCUT2D eigenvalue weighted by atomic mass is 19.1. The van der Waals surface area contributed by atoms with Crippen molar-refractivity contribution in [1.82, 2.24) is 4.90 Å². The lowest BCUT2D eigenvalue weighted by atomic mass is 9.96. The molecule has 1 aromatic rings. The van der Waals surface area contributed by atoms with Crippen LogP contribution in [0, 0.1) is 18.2 Å². The lowest BCUT2D eigenvalue weighted by molar-refractivity contribution is 0.0745. The van der Waals surface area contributed by atoms with Crippen LogP contribution in [0.25, 0.3) is 0 Å². The van der Waals surface area contributed by atoms with Crippen LogP contribution in [0.5, 0.6) is 0 Å². The molecule has 0 aliphatic rings. The highest BCUT2D eigenvalue weighted by Gasteiger charge is 2.20.